The van der Waals surface area contributed by atoms with Crippen LogP contribution in [-0.2, 0) is 11.3 Å². The largest absolute Gasteiger partial charge is 0.340 e. The van der Waals surface area contributed by atoms with Crippen molar-refractivity contribution in [3.63, 3.8) is 0 Å². The minimum atomic E-state index is -0.520. The fourth-order valence-electron chi connectivity index (χ4n) is 1.93. The van der Waals surface area contributed by atoms with E-state index in [1.807, 2.05) is 27.9 Å². The molecule has 0 bridgehead atoms. The Morgan fingerprint density at radius 3 is 2.44 bits per heavy atom. The maximum absolute atomic E-state index is 12.2. The maximum atomic E-state index is 12.2. The van der Waals surface area contributed by atoms with Crippen LogP contribution in [0.2, 0.25) is 0 Å². The van der Waals surface area contributed by atoms with Crippen LogP contribution in [0.1, 0.15) is 30.5 Å². The van der Waals surface area contributed by atoms with Crippen molar-refractivity contribution in [2.24, 2.45) is 0 Å². The topological polar surface area (TPSA) is 32.3 Å². The molecule has 0 saturated carbocycles. The number of nitrogens with one attached hydrogen (secondary N) is 1. The van der Waals surface area contributed by atoms with E-state index in [1.165, 1.54) is 16.7 Å². The van der Waals surface area contributed by atoms with Crippen LogP contribution < -0.4 is 5.32 Å². The smallest absolute Gasteiger partial charge is 0.242 e. The molecule has 1 aromatic carbocycles. The molecule has 3 heteroatoms. The normalized spacial score (nSPS) is 11.4. The third-order valence-electron chi connectivity index (χ3n) is 3.41. The number of carbonyl (C=O) groups excluding carboxylic acids is 1. The van der Waals surface area contributed by atoms with Crippen LogP contribution in [0, 0.1) is 13.8 Å². The van der Waals surface area contributed by atoms with Crippen LogP contribution in [0.15, 0.2) is 18.2 Å². The first-order valence-corrected chi connectivity index (χ1v) is 6.28. The molecule has 0 saturated heterocycles. The van der Waals surface area contributed by atoms with E-state index >= 15 is 0 Å². The van der Waals surface area contributed by atoms with Gasteiger partial charge in [-0.2, -0.15) is 0 Å². The van der Waals surface area contributed by atoms with Crippen molar-refractivity contribution in [2.75, 3.05) is 14.1 Å². The van der Waals surface area contributed by atoms with Gasteiger partial charge in [-0.25, -0.2) is 0 Å². The molecule has 0 spiro atoms. The second kappa shape index (κ2) is 5.53. The molecule has 1 amide bonds. The molecular formula is C15H24N2O. The number of hydrogen-bond acceptors (Lipinski definition) is 2. The SMILES string of the molecule is CNC(C)(C)C(=O)N(C)Cc1ccc(C)cc1C. The van der Waals surface area contributed by atoms with Crippen molar-refractivity contribution in [2.45, 2.75) is 39.8 Å². The van der Waals surface area contributed by atoms with E-state index in [4.69, 9.17) is 0 Å². The zero-order valence-electron chi connectivity index (χ0n) is 12.3. The quantitative estimate of drug-likeness (QED) is 0.886. The summed E-state index contributed by atoms with van der Waals surface area (Å²) in [6.07, 6.45) is 0. The standard InChI is InChI=1S/C15H24N2O/c1-11-7-8-13(12(2)9-11)10-17(6)14(18)15(3,4)16-5/h7-9,16H,10H2,1-6H3. The molecule has 0 atom stereocenters. The lowest BCUT2D eigenvalue weighted by molar-refractivity contribution is -0.136. The molecule has 100 valence electrons. The summed E-state index contributed by atoms with van der Waals surface area (Å²) in [4.78, 5) is 14.0. The number of aryl methyl sites for hydroxylation is 2. The summed E-state index contributed by atoms with van der Waals surface area (Å²) in [6, 6.07) is 6.33. The van der Waals surface area contributed by atoms with E-state index in [1.54, 1.807) is 4.90 Å². The predicted molar refractivity (Wildman–Crippen MR) is 75.5 cm³/mol. The highest BCUT2D eigenvalue weighted by molar-refractivity contribution is 5.85. The van der Waals surface area contributed by atoms with Crippen LogP contribution in [0.3, 0.4) is 0 Å². The number of rotatable bonds is 4. The van der Waals surface area contributed by atoms with Crippen LogP contribution in [-0.4, -0.2) is 30.4 Å². The van der Waals surface area contributed by atoms with E-state index in [0.717, 1.165) is 0 Å². The fraction of sp³-hybridized carbons (Fsp3) is 0.533. The van der Waals surface area contributed by atoms with Gasteiger partial charge in [0.1, 0.15) is 0 Å². The Labute approximate surface area is 110 Å². The highest BCUT2D eigenvalue weighted by Gasteiger charge is 2.28. The summed E-state index contributed by atoms with van der Waals surface area (Å²) < 4.78 is 0. The highest BCUT2D eigenvalue weighted by atomic mass is 16.2. The third-order valence-corrected chi connectivity index (χ3v) is 3.41. The van der Waals surface area contributed by atoms with Gasteiger partial charge in [-0.3, -0.25) is 4.79 Å². The molecule has 0 aliphatic rings. The van der Waals surface area contributed by atoms with Gasteiger partial charge in [0.25, 0.3) is 0 Å². The lowest BCUT2D eigenvalue weighted by atomic mass is 10.0. The summed E-state index contributed by atoms with van der Waals surface area (Å²) in [7, 11) is 3.66. The molecule has 1 aromatic rings. The molecule has 18 heavy (non-hydrogen) atoms. The Bertz CT molecular complexity index is 438. The second-order valence-corrected chi connectivity index (χ2v) is 5.47. The van der Waals surface area contributed by atoms with Gasteiger partial charge in [-0.1, -0.05) is 23.8 Å². The monoisotopic (exact) mass is 248 g/mol. The Kier molecular flexibility index (Phi) is 4.52. The van der Waals surface area contributed by atoms with Crippen LogP contribution >= 0.6 is 0 Å². The number of hydrogen-bond donors (Lipinski definition) is 1. The number of carbonyl (C=O) groups is 1. The van der Waals surface area contributed by atoms with E-state index < -0.39 is 5.54 Å². The maximum Gasteiger partial charge on any atom is 0.242 e. The molecule has 0 radical (unpaired) electrons. The van der Waals surface area contributed by atoms with Crippen LogP contribution in [0.25, 0.3) is 0 Å². The Morgan fingerprint density at radius 2 is 1.94 bits per heavy atom. The Balaban J connectivity index is 2.82. The molecule has 0 heterocycles. The van der Waals surface area contributed by atoms with Crippen molar-refractivity contribution in [3.05, 3.63) is 34.9 Å². The number of likely N-dealkylation sites (N-methyl/N-ethyl adjacent to an activating group) is 2. The zero-order chi connectivity index (χ0) is 13.9. The molecular weight excluding hydrogens is 224 g/mol. The molecule has 3 nitrogen and oxygen atoms in total. The zero-order valence-corrected chi connectivity index (χ0v) is 12.3. The Hall–Kier alpha value is -1.35. The number of amides is 1. The van der Waals surface area contributed by atoms with Gasteiger partial charge in [0.15, 0.2) is 0 Å². The van der Waals surface area contributed by atoms with Crippen molar-refractivity contribution in [3.8, 4) is 0 Å². The summed E-state index contributed by atoms with van der Waals surface area (Å²) in [5, 5.41) is 3.04. The lowest BCUT2D eigenvalue weighted by Gasteiger charge is -2.29. The first-order chi connectivity index (χ1) is 8.27. The van der Waals surface area contributed by atoms with Crippen LogP contribution in [0.5, 0.6) is 0 Å². The molecule has 0 aliphatic carbocycles. The molecule has 0 aliphatic heterocycles. The third kappa shape index (κ3) is 3.33. The lowest BCUT2D eigenvalue weighted by Crippen LogP contribution is -2.51. The van der Waals surface area contributed by atoms with E-state index in [9.17, 15) is 4.79 Å². The summed E-state index contributed by atoms with van der Waals surface area (Å²) in [5.74, 6) is 0.102. The second-order valence-electron chi connectivity index (χ2n) is 5.47. The van der Waals surface area contributed by atoms with Gasteiger partial charge in [0, 0.05) is 13.6 Å². The first kappa shape index (κ1) is 14.7. The Morgan fingerprint density at radius 1 is 1.33 bits per heavy atom. The number of nitrogens with zero attached hydrogens (tertiary/aromatic N) is 1. The molecule has 0 fully saturated rings. The molecule has 1 rings (SSSR count). The first-order valence-electron chi connectivity index (χ1n) is 6.28. The van der Waals surface area contributed by atoms with Crippen molar-refractivity contribution in [1.82, 2.24) is 10.2 Å². The van der Waals surface area contributed by atoms with Gasteiger partial charge < -0.3 is 10.2 Å². The van der Waals surface area contributed by atoms with E-state index in [2.05, 4.69) is 37.4 Å². The van der Waals surface area contributed by atoms with Crippen molar-refractivity contribution in [1.29, 1.82) is 0 Å². The fourth-order valence-corrected chi connectivity index (χ4v) is 1.93. The van der Waals surface area contributed by atoms with Gasteiger partial charge in [0.05, 0.1) is 5.54 Å². The summed E-state index contributed by atoms with van der Waals surface area (Å²) in [5.41, 5.74) is 3.16. The summed E-state index contributed by atoms with van der Waals surface area (Å²) in [6.45, 7) is 8.61. The van der Waals surface area contributed by atoms with Crippen molar-refractivity contribution < 1.29 is 4.79 Å². The van der Waals surface area contributed by atoms with Crippen molar-refractivity contribution >= 4 is 5.91 Å². The molecule has 0 unspecified atom stereocenters. The average molecular weight is 248 g/mol. The average Bonchev–Trinajstić information content (AvgIpc) is 2.31. The molecule has 1 N–H and O–H groups in total. The minimum absolute atomic E-state index is 0.102. The summed E-state index contributed by atoms with van der Waals surface area (Å²) >= 11 is 0. The number of benzene rings is 1. The van der Waals surface area contributed by atoms with Gasteiger partial charge in [-0.05, 0) is 45.9 Å². The van der Waals surface area contributed by atoms with Gasteiger partial charge in [0.2, 0.25) is 5.91 Å². The predicted octanol–water partition coefficient (Wildman–Crippen LogP) is 2.26. The van der Waals surface area contributed by atoms with E-state index in [0.29, 0.717) is 6.54 Å². The molecule has 0 aromatic heterocycles. The minimum Gasteiger partial charge on any atom is -0.340 e. The van der Waals surface area contributed by atoms with Gasteiger partial charge >= 0.3 is 0 Å². The van der Waals surface area contributed by atoms with Crippen LogP contribution in [0.4, 0.5) is 0 Å². The van der Waals surface area contributed by atoms with Gasteiger partial charge in [-0.15, -0.1) is 0 Å². The highest BCUT2D eigenvalue weighted by Crippen LogP contribution is 2.14. The van der Waals surface area contributed by atoms with E-state index in [-0.39, 0.29) is 5.91 Å².